The molecule has 0 radical (unpaired) electrons. The Bertz CT molecular complexity index is 3980. The zero-order valence-corrected chi connectivity index (χ0v) is 38.1. The van der Waals surface area contributed by atoms with E-state index in [2.05, 4.69) is 122 Å². The van der Waals surface area contributed by atoms with E-state index in [1.54, 1.807) is 18.2 Å². The zero-order valence-electron chi connectivity index (χ0n) is 48.1. The van der Waals surface area contributed by atoms with Gasteiger partial charge in [0.1, 0.15) is 24.0 Å². The fourth-order valence-electron chi connectivity index (χ4n) is 9.56. The predicted octanol–water partition coefficient (Wildman–Crippen LogP) is 17.5. The van der Waals surface area contributed by atoms with Crippen molar-refractivity contribution < 1.29 is 18.4 Å². The third-order valence-corrected chi connectivity index (χ3v) is 12.9. The van der Waals surface area contributed by atoms with Crippen LogP contribution in [0.2, 0.25) is 0 Å². The Labute approximate surface area is 418 Å². The average Bonchev–Trinajstić information content (AvgIpc) is 4.10. The van der Waals surface area contributed by atoms with Crippen LogP contribution in [0.15, 0.2) is 236 Å². The van der Waals surface area contributed by atoms with Gasteiger partial charge in [-0.15, -0.1) is 0 Å². The van der Waals surface area contributed by atoms with Crippen LogP contribution in [-0.2, 0) is 5.41 Å². The largest absolute Gasteiger partial charge is 0.457 e. The van der Waals surface area contributed by atoms with Crippen LogP contribution in [0.3, 0.4) is 0 Å². The highest BCUT2D eigenvalue weighted by molar-refractivity contribution is 6.04. The molecule has 0 spiro atoms. The van der Waals surface area contributed by atoms with Gasteiger partial charge in [-0.25, -0.2) is 4.98 Å². The van der Waals surface area contributed by atoms with Crippen LogP contribution < -0.4 is 19.4 Å². The Morgan fingerprint density at radius 1 is 0.449 bits per heavy atom. The SMILES string of the molecule is [2H]c1c([2H])c([2H])c(-c2cccc(-c3c([2H])c([2H])c([2H])c([2H])c3[2H])c2N2CN(c3cccc(Oc4ccc5c(c4)N(c4cc(C(C)(C)C)ccn4)c4ccccc4-c4cc(-c6ccccc6)ccc4-5)c3)c3ccccc32)c([2H])c1[2H]. The van der Waals surface area contributed by atoms with Gasteiger partial charge in [0.25, 0.3) is 0 Å². The molecule has 0 saturated carbocycles. The number of rotatable bonds is 8. The molecule has 0 unspecified atom stereocenters. The van der Waals surface area contributed by atoms with Gasteiger partial charge in [-0.1, -0.05) is 178 Å². The topological polar surface area (TPSA) is 31.8 Å². The Morgan fingerprint density at radius 3 is 1.78 bits per heavy atom. The van der Waals surface area contributed by atoms with Crippen molar-refractivity contribution in [3.05, 3.63) is 242 Å². The van der Waals surface area contributed by atoms with Crippen molar-refractivity contribution in [2.45, 2.75) is 26.2 Å². The molecule has 0 atom stereocenters. The Balaban J connectivity index is 0.980. The summed E-state index contributed by atoms with van der Waals surface area (Å²) >= 11 is 0. The Morgan fingerprint density at radius 2 is 1.06 bits per heavy atom. The van der Waals surface area contributed by atoms with Crippen molar-refractivity contribution in [3.8, 4) is 67.1 Å². The molecule has 2 aliphatic heterocycles. The molecular formula is C64H50N4O. The molecule has 0 aliphatic carbocycles. The first kappa shape index (κ1) is 32.1. The lowest BCUT2D eigenvalue weighted by Crippen LogP contribution is -2.24. The molecule has 12 rings (SSSR count). The highest BCUT2D eigenvalue weighted by Gasteiger charge is 2.32. The lowest BCUT2D eigenvalue weighted by atomic mass is 9.87. The van der Waals surface area contributed by atoms with Gasteiger partial charge in [0.2, 0.25) is 0 Å². The molecule has 5 nitrogen and oxygen atoms in total. The fourth-order valence-corrected chi connectivity index (χ4v) is 9.56. The number of pyridine rings is 1. The maximum Gasteiger partial charge on any atom is 0.137 e. The van der Waals surface area contributed by atoms with Crippen molar-refractivity contribution >= 4 is 39.9 Å². The summed E-state index contributed by atoms with van der Waals surface area (Å²) in [6.07, 6.45) is 1.87. The van der Waals surface area contributed by atoms with Crippen LogP contribution in [0.1, 0.15) is 40.0 Å². The minimum absolute atomic E-state index is 0.0949. The van der Waals surface area contributed by atoms with Crippen molar-refractivity contribution in [1.82, 2.24) is 4.98 Å². The number of hydrogen-bond acceptors (Lipinski definition) is 5. The molecule has 0 saturated heterocycles. The van der Waals surface area contributed by atoms with Gasteiger partial charge in [-0.05, 0) is 105 Å². The molecule has 9 aromatic carbocycles. The number of para-hydroxylation sites is 4. The van der Waals surface area contributed by atoms with E-state index in [0.717, 1.165) is 67.5 Å². The van der Waals surface area contributed by atoms with Gasteiger partial charge in [-0.3, -0.25) is 4.90 Å². The molecule has 69 heavy (non-hydrogen) atoms. The van der Waals surface area contributed by atoms with E-state index in [1.165, 1.54) is 0 Å². The zero-order chi connectivity index (χ0) is 55.2. The highest BCUT2D eigenvalue weighted by atomic mass is 16.5. The summed E-state index contributed by atoms with van der Waals surface area (Å²) < 4.78 is 94.7. The van der Waals surface area contributed by atoms with Gasteiger partial charge in [0, 0.05) is 46.3 Å². The van der Waals surface area contributed by atoms with Gasteiger partial charge in [0.05, 0.1) is 42.1 Å². The van der Waals surface area contributed by atoms with Gasteiger partial charge < -0.3 is 14.5 Å². The van der Waals surface area contributed by atoms with E-state index in [0.29, 0.717) is 22.9 Å². The number of fused-ring (bicyclic) bond motifs is 6. The molecule has 332 valence electrons. The number of benzene rings is 9. The molecule has 0 N–H and O–H groups in total. The van der Waals surface area contributed by atoms with Crippen LogP contribution in [-0.4, -0.2) is 11.7 Å². The van der Waals surface area contributed by atoms with Crippen molar-refractivity contribution in [1.29, 1.82) is 0 Å². The van der Waals surface area contributed by atoms with Gasteiger partial charge in [0.15, 0.2) is 0 Å². The van der Waals surface area contributed by atoms with Crippen molar-refractivity contribution in [3.63, 3.8) is 0 Å². The normalized spacial score (nSPS) is 14.7. The summed E-state index contributed by atoms with van der Waals surface area (Å²) in [5.41, 5.74) is 11.9. The van der Waals surface area contributed by atoms with Crippen molar-refractivity contribution in [2.75, 3.05) is 21.4 Å². The number of nitrogens with zero attached hydrogens (tertiary/aromatic N) is 4. The van der Waals surface area contributed by atoms with E-state index in [9.17, 15) is 0 Å². The lowest BCUT2D eigenvalue weighted by Gasteiger charge is -2.28. The monoisotopic (exact) mass is 900 g/mol. The standard InChI is InChI=1S/C64H50N4O/c1-64(2,3)48-37-38-65-62(40-48)68-58-30-14-13-27-55(58)57-39-47(44-19-7-4-8-20-44)33-35-54(57)56-36-34-51(42-61(56)68)69-50-26-17-25-49(41-50)66-43-67(60-32-16-15-31-59(60)66)63-52(45-21-9-5-10-22-45)28-18-29-53(63)46-23-11-6-12-24-46/h4-42H,43H2,1-3H3/i5D,6D,9D,10D,11D,12D,21D,22D,23D,24D. The van der Waals surface area contributed by atoms with Gasteiger partial charge >= 0.3 is 0 Å². The second-order valence-electron chi connectivity index (χ2n) is 18.1. The minimum atomic E-state index is -0.554. The van der Waals surface area contributed by atoms with Crippen molar-refractivity contribution in [2.24, 2.45) is 0 Å². The minimum Gasteiger partial charge on any atom is -0.457 e. The fraction of sp³-hybridized carbons (Fsp3) is 0.0781. The lowest BCUT2D eigenvalue weighted by molar-refractivity contribution is 0.483. The quantitative estimate of drug-likeness (QED) is 0.152. The first-order valence-electron chi connectivity index (χ1n) is 27.9. The van der Waals surface area contributed by atoms with Crippen LogP contribution in [0.5, 0.6) is 11.5 Å². The number of anilines is 7. The smallest absolute Gasteiger partial charge is 0.137 e. The van der Waals surface area contributed by atoms with Crippen LogP contribution in [0.4, 0.5) is 39.9 Å². The number of ether oxygens (including phenoxy) is 1. The summed E-state index contributed by atoms with van der Waals surface area (Å²) in [5, 5.41) is 0. The number of aromatic nitrogens is 1. The number of hydrogen-bond donors (Lipinski definition) is 0. The maximum atomic E-state index is 9.10. The maximum absolute atomic E-state index is 9.10. The van der Waals surface area contributed by atoms with E-state index >= 15 is 0 Å². The molecule has 0 amide bonds. The Hall–Kier alpha value is -8.67. The molecule has 2 aliphatic rings. The third kappa shape index (κ3) is 7.68. The first-order chi connectivity index (χ1) is 38.0. The Kier molecular flexibility index (Phi) is 8.00. The average molecular weight is 901 g/mol. The van der Waals surface area contributed by atoms with E-state index in [1.807, 2.05) is 71.8 Å². The molecule has 0 bridgehead atoms. The molecule has 0 fully saturated rings. The summed E-state index contributed by atoms with van der Waals surface area (Å²) in [7, 11) is 0. The second kappa shape index (κ2) is 17.2. The summed E-state index contributed by atoms with van der Waals surface area (Å²) in [5.74, 6) is 1.87. The summed E-state index contributed by atoms with van der Waals surface area (Å²) in [4.78, 5) is 11.2. The molecule has 1 aromatic heterocycles. The predicted molar refractivity (Wildman–Crippen MR) is 287 cm³/mol. The van der Waals surface area contributed by atoms with E-state index in [-0.39, 0.29) is 34.3 Å². The second-order valence-corrected chi connectivity index (χ2v) is 18.1. The van der Waals surface area contributed by atoms with Crippen LogP contribution >= 0.6 is 0 Å². The first-order valence-corrected chi connectivity index (χ1v) is 22.9. The molecular weight excluding hydrogens is 841 g/mol. The molecule has 10 aromatic rings. The van der Waals surface area contributed by atoms with Gasteiger partial charge in [-0.2, -0.15) is 0 Å². The molecule has 3 heterocycles. The summed E-state index contributed by atoms with van der Waals surface area (Å²) in [6, 6.07) is 51.0. The summed E-state index contributed by atoms with van der Waals surface area (Å²) in [6.45, 7) is 6.69. The van der Waals surface area contributed by atoms with Crippen LogP contribution in [0.25, 0.3) is 55.6 Å². The van der Waals surface area contributed by atoms with E-state index in [4.69, 9.17) is 23.4 Å². The molecule has 5 heteroatoms. The van der Waals surface area contributed by atoms with E-state index < -0.39 is 60.4 Å². The highest BCUT2D eigenvalue weighted by Crippen LogP contribution is 2.54. The van der Waals surface area contributed by atoms with Crippen LogP contribution in [0, 0.1) is 0 Å². The third-order valence-electron chi connectivity index (χ3n) is 12.9.